The van der Waals surface area contributed by atoms with Crippen LogP contribution in [0.5, 0.6) is 5.75 Å². The average molecular weight is 517 g/mol. The maximum absolute atomic E-state index is 14.8. The summed E-state index contributed by atoms with van der Waals surface area (Å²) >= 11 is 0. The van der Waals surface area contributed by atoms with Crippen molar-refractivity contribution in [1.29, 1.82) is 0 Å². The van der Waals surface area contributed by atoms with Gasteiger partial charge in [-0.05, 0) is 97.6 Å². The molecule has 1 nitrogen and oxygen atoms in total. The molecule has 1 fully saturated rings. The van der Waals surface area contributed by atoms with Crippen molar-refractivity contribution in [3.05, 3.63) is 101 Å². The predicted molar refractivity (Wildman–Crippen MR) is 155 cm³/mol. The molecule has 4 rings (SSSR count). The van der Waals surface area contributed by atoms with E-state index in [0.29, 0.717) is 24.0 Å². The van der Waals surface area contributed by atoms with E-state index in [2.05, 4.69) is 55.5 Å². The first kappa shape index (κ1) is 28.1. The van der Waals surface area contributed by atoms with Crippen molar-refractivity contribution >= 4 is 0 Å². The fourth-order valence-electron chi connectivity index (χ4n) is 5.47. The molecule has 0 radical (unpaired) electrons. The molecule has 0 bridgehead atoms. The highest BCUT2D eigenvalue weighted by Gasteiger charge is 2.21. The van der Waals surface area contributed by atoms with E-state index in [1.807, 2.05) is 19.1 Å². The monoisotopic (exact) mass is 516 g/mol. The maximum atomic E-state index is 14.8. The Kier molecular flexibility index (Phi) is 10.6. The maximum Gasteiger partial charge on any atom is 0.201 e. The van der Waals surface area contributed by atoms with Gasteiger partial charge in [-0.2, -0.15) is 4.39 Å². The minimum absolute atomic E-state index is 0.0109. The number of unbranched alkanes of at least 4 members (excludes halogenated alkanes) is 1. The predicted octanol–water partition coefficient (Wildman–Crippen LogP) is 10.2. The number of aryl methyl sites for hydroxylation is 2. The summed E-state index contributed by atoms with van der Waals surface area (Å²) in [5, 5.41) is 0. The van der Waals surface area contributed by atoms with Gasteiger partial charge in [0, 0.05) is 5.56 Å². The highest BCUT2D eigenvalue weighted by atomic mass is 19.2. The van der Waals surface area contributed by atoms with Crippen LogP contribution in [-0.4, -0.2) is 6.61 Å². The van der Waals surface area contributed by atoms with Gasteiger partial charge in [-0.15, -0.1) is 0 Å². The lowest BCUT2D eigenvalue weighted by Gasteiger charge is -2.27. The minimum Gasteiger partial charge on any atom is -0.490 e. The molecule has 0 aliphatic heterocycles. The van der Waals surface area contributed by atoms with Crippen LogP contribution in [0, 0.1) is 17.6 Å². The van der Waals surface area contributed by atoms with Crippen LogP contribution in [0.2, 0.25) is 0 Å². The van der Waals surface area contributed by atoms with Crippen molar-refractivity contribution in [1.82, 2.24) is 0 Å². The number of rotatable bonds is 12. The molecule has 3 aromatic carbocycles. The quantitative estimate of drug-likeness (QED) is 0.172. The Hall–Kier alpha value is -2.94. The van der Waals surface area contributed by atoms with Gasteiger partial charge in [0.1, 0.15) is 0 Å². The highest BCUT2D eigenvalue weighted by Crippen LogP contribution is 2.37. The zero-order valence-electron chi connectivity index (χ0n) is 23.0. The van der Waals surface area contributed by atoms with Crippen LogP contribution in [0.4, 0.5) is 8.78 Å². The summed E-state index contributed by atoms with van der Waals surface area (Å²) in [5.41, 5.74) is 5.12. The van der Waals surface area contributed by atoms with Crippen LogP contribution in [0.25, 0.3) is 11.1 Å². The van der Waals surface area contributed by atoms with Crippen LogP contribution in [-0.2, 0) is 12.8 Å². The van der Waals surface area contributed by atoms with Crippen molar-refractivity contribution < 1.29 is 13.5 Å². The molecule has 1 saturated carbocycles. The van der Waals surface area contributed by atoms with Crippen LogP contribution < -0.4 is 4.74 Å². The van der Waals surface area contributed by atoms with Crippen LogP contribution >= 0.6 is 0 Å². The molecular formula is C35H42F2O. The van der Waals surface area contributed by atoms with Crippen molar-refractivity contribution in [2.24, 2.45) is 5.92 Å². The molecule has 38 heavy (non-hydrogen) atoms. The first-order valence-electron chi connectivity index (χ1n) is 14.5. The number of ether oxygens (including phenoxy) is 1. The first-order valence-corrected chi connectivity index (χ1v) is 14.5. The van der Waals surface area contributed by atoms with Crippen molar-refractivity contribution in [2.45, 2.75) is 84.0 Å². The molecule has 0 aromatic heterocycles. The Morgan fingerprint density at radius 3 is 2.11 bits per heavy atom. The van der Waals surface area contributed by atoms with Gasteiger partial charge < -0.3 is 4.74 Å². The third-order valence-corrected chi connectivity index (χ3v) is 7.84. The van der Waals surface area contributed by atoms with Crippen molar-refractivity contribution in [2.75, 3.05) is 6.61 Å². The number of allylic oxidation sites excluding steroid dienone is 2. The first-order chi connectivity index (χ1) is 18.6. The number of hydrogen-bond acceptors (Lipinski definition) is 1. The molecule has 0 N–H and O–H groups in total. The second kappa shape index (κ2) is 14.3. The molecule has 1 aliphatic carbocycles. The summed E-state index contributed by atoms with van der Waals surface area (Å²) in [6.45, 7) is 4.65. The second-order valence-electron chi connectivity index (χ2n) is 10.7. The minimum atomic E-state index is -0.904. The van der Waals surface area contributed by atoms with E-state index in [9.17, 15) is 8.78 Å². The van der Waals surface area contributed by atoms with Gasteiger partial charge in [0.2, 0.25) is 5.82 Å². The normalized spacial score (nSPS) is 17.7. The van der Waals surface area contributed by atoms with Gasteiger partial charge in [-0.3, -0.25) is 0 Å². The van der Waals surface area contributed by atoms with E-state index in [-0.39, 0.29) is 11.3 Å². The summed E-state index contributed by atoms with van der Waals surface area (Å²) in [6, 6.07) is 20.3. The summed E-state index contributed by atoms with van der Waals surface area (Å²) in [6.07, 6.45) is 15.8. The van der Waals surface area contributed by atoms with Gasteiger partial charge in [-0.1, -0.05) is 87.4 Å². The molecule has 3 heteroatoms. The number of benzene rings is 3. The molecule has 0 atom stereocenters. The van der Waals surface area contributed by atoms with E-state index >= 15 is 0 Å². The van der Waals surface area contributed by atoms with Crippen molar-refractivity contribution in [3.63, 3.8) is 0 Å². The molecule has 0 spiro atoms. The lowest BCUT2D eigenvalue weighted by atomic mass is 9.78. The smallest absolute Gasteiger partial charge is 0.201 e. The van der Waals surface area contributed by atoms with Crippen LogP contribution in [0.3, 0.4) is 0 Å². The van der Waals surface area contributed by atoms with E-state index in [1.165, 1.54) is 54.9 Å². The SMILES string of the molecule is CCCCOc1ccc(-c2ccc(C3CCC(C=CCCc4ccc(CCC)cc4)CC3)cc2)c(F)c1F. The zero-order valence-corrected chi connectivity index (χ0v) is 23.0. The van der Waals surface area contributed by atoms with Crippen LogP contribution in [0.1, 0.15) is 87.8 Å². The third kappa shape index (κ3) is 7.56. The molecular weight excluding hydrogens is 474 g/mol. The Morgan fingerprint density at radius 2 is 1.45 bits per heavy atom. The Bertz CT molecular complexity index is 1160. The molecule has 202 valence electrons. The van der Waals surface area contributed by atoms with E-state index in [0.717, 1.165) is 32.1 Å². The standard InChI is InChI=1S/C35H42F2O/c1-3-5-25-38-33-24-23-32(34(36)35(33)37)31-21-19-30(20-22-31)29-17-15-28(16-18-29)10-7-6-9-27-13-11-26(8-4-2)12-14-27/h7,10-14,19-24,28-29H,3-6,8-9,15-18,25H2,1-2H3. The van der Waals surface area contributed by atoms with Gasteiger partial charge >= 0.3 is 0 Å². The molecule has 1 aliphatic rings. The zero-order chi connectivity index (χ0) is 26.7. The van der Waals surface area contributed by atoms with E-state index in [1.54, 1.807) is 6.07 Å². The fraction of sp³-hybridized carbons (Fsp3) is 0.429. The number of halogens is 2. The molecule has 0 saturated heterocycles. The van der Waals surface area contributed by atoms with Gasteiger partial charge in [0.05, 0.1) is 6.61 Å². The van der Waals surface area contributed by atoms with E-state index in [4.69, 9.17) is 4.74 Å². The van der Waals surface area contributed by atoms with Gasteiger partial charge in [-0.25, -0.2) is 4.39 Å². The fourth-order valence-corrected chi connectivity index (χ4v) is 5.47. The Balaban J connectivity index is 1.25. The lowest BCUT2D eigenvalue weighted by molar-refractivity contribution is 0.289. The summed E-state index contributed by atoms with van der Waals surface area (Å²) in [5.74, 6) is -0.562. The van der Waals surface area contributed by atoms with E-state index < -0.39 is 11.6 Å². The summed E-state index contributed by atoms with van der Waals surface area (Å²) in [7, 11) is 0. The topological polar surface area (TPSA) is 9.23 Å². The second-order valence-corrected chi connectivity index (χ2v) is 10.7. The van der Waals surface area contributed by atoms with Crippen LogP contribution in [0.15, 0.2) is 72.8 Å². The largest absolute Gasteiger partial charge is 0.490 e. The molecule has 0 amide bonds. The van der Waals surface area contributed by atoms with Gasteiger partial charge in [0.25, 0.3) is 0 Å². The van der Waals surface area contributed by atoms with Crippen molar-refractivity contribution in [3.8, 4) is 16.9 Å². The molecule has 0 heterocycles. The summed E-state index contributed by atoms with van der Waals surface area (Å²) in [4.78, 5) is 0. The Morgan fingerprint density at radius 1 is 0.763 bits per heavy atom. The lowest BCUT2D eigenvalue weighted by Crippen LogP contribution is -2.11. The number of hydrogen-bond donors (Lipinski definition) is 0. The molecule has 0 unspecified atom stereocenters. The third-order valence-electron chi connectivity index (χ3n) is 7.84. The molecule has 3 aromatic rings. The highest BCUT2D eigenvalue weighted by molar-refractivity contribution is 5.65. The van der Waals surface area contributed by atoms with Gasteiger partial charge in [0.15, 0.2) is 11.6 Å². The summed E-state index contributed by atoms with van der Waals surface area (Å²) < 4.78 is 34.7. The Labute approximate surface area is 227 Å². The average Bonchev–Trinajstić information content (AvgIpc) is 2.95.